The lowest BCUT2D eigenvalue weighted by atomic mass is 9.96. The Kier molecular flexibility index (Phi) is 6.33. The molecule has 0 bridgehead atoms. The number of hydrogen-bond acceptors (Lipinski definition) is 4. The molecule has 0 radical (unpaired) electrons. The van der Waals surface area contributed by atoms with Crippen molar-refractivity contribution in [3.63, 3.8) is 0 Å². The van der Waals surface area contributed by atoms with Crippen LogP contribution in [0, 0.1) is 0 Å². The average molecular weight is 359 g/mol. The summed E-state index contributed by atoms with van der Waals surface area (Å²) in [7, 11) is 0. The third-order valence-corrected chi connectivity index (χ3v) is 5.56. The Morgan fingerprint density at radius 2 is 2.30 bits per heavy atom. The summed E-state index contributed by atoms with van der Waals surface area (Å²) in [5.74, 6) is 1.07. The Balaban J connectivity index is 1.64. The van der Waals surface area contributed by atoms with Crippen molar-refractivity contribution in [1.29, 1.82) is 0 Å². The van der Waals surface area contributed by atoms with Crippen LogP contribution in [0.2, 0.25) is 0 Å². The molecule has 0 aliphatic heterocycles. The highest BCUT2D eigenvalue weighted by atomic mass is 79.9. The van der Waals surface area contributed by atoms with E-state index < -0.39 is 0 Å². The molecule has 1 heterocycles. The van der Waals surface area contributed by atoms with Crippen molar-refractivity contribution in [3.8, 4) is 0 Å². The number of aliphatic hydroxyl groups is 1. The number of aliphatic hydroxyl groups excluding tert-OH is 1. The van der Waals surface area contributed by atoms with E-state index >= 15 is 0 Å². The van der Waals surface area contributed by atoms with E-state index in [0.717, 1.165) is 34.5 Å². The van der Waals surface area contributed by atoms with Gasteiger partial charge in [0.2, 0.25) is 0 Å². The summed E-state index contributed by atoms with van der Waals surface area (Å²) < 4.78 is 1.07. The summed E-state index contributed by atoms with van der Waals surface area (Å²) in [4.78, 5) is 4.35. The highest BCUT2D eigenvalue weighted by Crippen LogP contribution is 2.27. The number of nitrogens with one attached hydrogen (secondary N) is 1. The number of halogens is 1. The molecule has 0 saturated heterocycles. The SMILES string of the molecule is CC(CO)(CCCCSc1ncccc1Br)NC1CC1. The molecule has 3 nitrogen and oxygen atoms in total. The summed E-state index contributed by atoms with van der Waals surface area (Å²) in [5, 5.41) is 14.2. The highest BCUT2D eigenvalue weighted by molar-refractivity contribution is 9.10. The van der Waals surface area contributed by atoms with Crippen molar-refractivity contribution < 1.29 is 5.11 Å². The number of thioether (sulfide) groups is 1. The van der Waals surface area contributed by atoms with Crippen molar-refractivity contribution in [2.45, 2.75) is 55.6 Å². The van der Waals surface area contributed by atoms with E-state index in [1.165, 1.54) is 12.8 Å². The van der Waals surface area contributed by atoms with Crippen LogP contribution in [0.1, 0.15) is 39.0 Å². The molecule has 1 aliphatic rings. The summed E-state index contributed by atoms with van der Waals surface area (Å²) >= 11 is 5.31. The minimum absolute atomic E-state index is 0.0998. The van der Waals surface area contributed by atoms with Gasteiger partial charge in [-0.3, -0.25) is 0 Å². The maximum atomic E-state index is 9.55. The molecule has 0 amide bonds. The van der Waals surface area contributed by atoms with Crippen LogP contribution in [0.3, 0.4) is 0 Å². The Morgan fingerprint density at radius 3 is 2.95 bits per heavy atom. The Hall–Kier alpha value is -0.100. The van der Waals surface area contributed by atoms with Gasteiger partial charge in [-0.15, -0.1) is 11.8 Å². The van der Waals surface area contributed by atoms with Gasteiger partial charge in [0.15, 0.2) is 0 Å². The van der Waals surface area contributed by atoms with Crippen molar-refractivity contribution >= 4 is 27.7 Å². The fraction of sp³-hybridized carbons (Fsp3) is 0.667. The molecule has 5 heteroatoms. The number of unbranched alkanes of at least 4 members (excludes halogenated alkanes) is 1. The van der Waals surface area contributed by atoms with Gasteiger partial charge >= 0.3 is 0 Å². The highest BCUT2D eigenvalue weighted by Gasteiger charge is 2.31. The number of hydrogen-bond donors (Lipinski definition) is 2. The lowest BCUT2D eigenvalue weighted by Gasteiger charge is -2.29. The predicted octanol–water partition coefficient (Wildman–Crippen LogP) is 3.61. The normalized spacial score (nSPS) is 17.9. The molecule has 0 aromatic carbocycles. The summed E-state index contributed by atoms with van der Waals surface area (Å²) in [5.41, 5.74) is -0.0998. The van der Waals surface area contributed by atoms with Crippen LogP contribution < -0.4 is 5.32 Å². The van der Waals surface area contributed by atoms with Gasteiger partial charge in [0, 0.05) is 22.3 Å². The van der Waals surface area contributed by atoms with Crippen LogP contribution in [0.4, 0.5) is 0 Å². The number of nitrogens with zero attached hydrogens (tertiary/aromatic N) is 1. The molecule has 1 aromatic rings. The molecule has 1 aromatic heterocycles. The van der Waals surface area contributed by atoms with Crippen molar-refractivity contribution in [1.82, 2.24) is 10.3 Å². The van der Waals surface area contributed by atoms with Gasteiger partial charge in [-0.1, -0.05) is 6.42 Å². The Morgan fingerprint density at radius 1 is 1.50 bits per heavy atom. The molecule has 0 spiro atoms. The van der Waals surface area contributed by atoms with Crippen LogP contribution in [-0.4, -0.2) is 34.0 Å². The van der Waals surface area contributed by atoms with Crippen LogP contribution in [-0.2, 0) is 0 Å². The second-order valence-corrected chi connectivity index (χ2v) is 7.67. The monoisotopic (exact) mass is 358 g/mol. The van der Waals surface area contributed by atoms with Crippen LogP contribution in [0.15, 0.2) is 27.8 Å². The van der Waals surface area contributed by atoms with Crippen LogP contribution in [0.5, 0.6) is 0 Å². The van der Waals surface area contributed by atoms with Gasteiger partial charge in [0.25, 0.3) is 0 Å². The predicted molar refractivity (Wildman–Crippen MR) is 88.2 cm³/mol. The quantitative estimate of drug-likeness (QED) is 0.522. The van der Waals surface area contributed by atoms with E-state index in [9.17, 15) is 5.11 Å². The number of pyridine rings is 1. The maximum absolute atomic E-state index is 9.55. The van der Waals surface area contributed by atoms with Crippen LogP contribution >= 0.6 is 27.7 Å². The standard InChI is InChI=1S/C15H23BrN2OS/c1-15(11-19,18-12-6-7-12)8-2-3-10-20-14-13(16)5-4-9-17-14/h4-5,9,12,18-19H,2-3,6-8,10-11H2,1H3. The molecule has 1 fully saturated rings. The molecule has 1 atom stereocenters. The van der Waals surface area contributed by atoms with Gasteiger partial charge < -0.3 is 10.4 Å². The fourth-order valence-corrected chi connectivity index (χ4v) is 3.66. The lowest BCUT2D eigenvalue weighted by Crippen LogP contribution is -2.46. The molecular formula is C15H23BrN2OS. The molecule has 2 rings (SSSR count). The third kappa shape index (κ3) is 5.35. The number of aromatic nitrogens is 1. The summed E-state index contributed by atoms with van der Waals surface area (Å²) in [6.07, 6.45) is 7.67. The summed E-state index contributed by atoms with van der Waals surface area (Å²) in [6.45, 7) is 2.36. The zero-order valence-corrected chi connectivity index (χ0v) is 14.3. The van der Waals surface area contributed by atoms with E-state index in [-0.39, 0.29) is 12.1 Å². The van der Waals surface area contributed by atoms with E-state index in [1.54, 1.807) is 11.8 Å². The first-order valence-corrected chi connectivity index (χ1v) is 9.03. The van der Waals surface area contributed by atoms with Gasteiger partial charge in [0.1, 0.15) is 5.03 Å². The third-order valence-electron chi connectivity index (χ3n) is 3.57. The van der Waals surface area contributed by atoms with Gasteiger partial charge in [-0.2, -0.15) is 0 Å². The fourth-order valence-electron chi connectivity index (χ4n) is 2.18. The first kappa shape index (κ1) is 16.3. The number of rotatable bonds is 9. The van der Waals surface area contributed by atoms with Gasteiger partial charge in [-0.25, -0.2) is 4.98 Å². The summed E-state index contributed by atoms with van der Waals surface area (Å²) in [6, 6.07) is 4.60. The molecule has 1 aliphatic carbocycles. The molecule has 2 N–H and O–H groups in total. The van der Waals surface area contributed by atoms with E-state index in [4.69, 9.17) is 0 Å². The van der Waals surface area contributed by atoms with Crippen LogP contribution in [0.25, 0.3) is 0 Å². The largest absolute Gasteiger partial charge is 0.394 e. The topological polar surface area (TPSA) is 45.2 Å². The first-order valence-electron chi connectivity index (χ1n) is 7.25. The Bertz CT molecular complexity index is 428. The second-order valence-electron chi connectivity index (χ2n) is 5.73. The molecule has 1 saturated carbocycles. The Labute approximate surface area is 134 Å². The van der Waals surface area contributed by atoms with Crippen molar-refractivity contribution in [3.05, 3.63) is 22.8 Å². The van der Waals surface area contributed by atoms with Gasteiger partial charge in [-0.05, 0) is 66.4 Å². The van der Waals surface area contributed by atoms with E-state index in [2.05, 4.69) is 33.2 Å². The van der Waals surface area contributed by atoms with E-state index in [1.807, 2.05) is 18.3 Å². The molecule has 1 unspecified atom stereocenters. The zero-order valence-electron chi connectivity index (χ0n) is 11.9. The molecule has 112 valence electrons. The zero-order chi connectivity index (χ0) is 14.4. The van der Waals surface area contributed by atoms with Crippen molar-refractivity contribution in [2.75, 3.05) is 12.4 Å². The second kappa shape index (κ2) is 7.78. The minimum atomic E-state index is -0.0998. The lowest BCUT2D eigenvalue weighted by molar-refractivity contribution is 0.161. The maximum Gasteiger partial charge on any atom is 0.110 e. The average Bonchev–Trinajstić information content (AvgIpc) is 3.24. The first-order chi connectivity index (χ1) is 9.63. The van der Waals surface area contributed by atoms with Crippen molar-refractivity contribution in [2.24, 2.45) is 0 Å². The minimum Gasteiger partial charge on any atom is -0.394 e. The van der Waals surface area contributed by atoms with Gasteiger partial charge in [0.05, 0.1) is 6.61 Å². The molecule has 20 heavy (non-hydrogen) atoms. The smallest absolute Gasteiger partial charge is 0.110 e. The van der Waals surface area contributed by atoms with E-state index in [0.29, 0.717) is 6.04 Å². The molecular weight excluding hydrogens is 336 g/mol.